The first-order valence-corrected chi connectivity index (χ1v) is 9.25. The number of fused-ring (bicyclic) bond motifs is 1. The predicted molar refractivity (Wildman–Crippen MR) is 98.1 cm³/mol. The van der Waals surface area contributed by atoms with Crippen LogP contribution in [0.5, 0.6) is 0 Å². The summed E-state index contributed by atoms with van der Waals surface area (Å²) in [6, 6.07) is 4.87. The van der Waals surface area contributed by atoms with E-state index >= 15 is 0 Å². The smallest absolute Gasteiger partial charge is 0.338 e. The van der Waals surface area contributed by atoms with Gasteiger partial charge in [-0.15, -0.1) is 5.10 Å². The van der Waals surface area contributed by atoms with Crippen molar-refractivity contribution in [2.45, 2.75) is 25.0 Å². The highest BCUT2D eigenvalue weighted by molar-refractivity contribution is 7.99. The number of thioether (sulfide) groups is 1. The van der Waals surface area contributed by atoms with Crippen molar-refractivity contribution in [3.05, 3.63) is 41.4 Å². The fourth-order valence-electron chi connectivity index (χ4n) is 2.66. The third kappa shape index (κ3) is 3.95. The fraction of sp³-hybridized carbons (Fsp3) is 0.353. The van der Waals surface area contributed by atoms with Crippen LogP contribution in [0.1, 0.15) is 25.6 Å². The van der Waals surface area contributed by atoms with E-state index in [1.165, 1.54) is 7.11 Å². The number of allylic oxidation sites excluding steroid dienone is 1. The first-order valence-electron chi connectivity index (χ1n) is 8.27. The maximum atomic E-state index is 12.6. The second kappa shape index (κ2) is 8.21. The van der Waals surface area contributed by atoms with Crippen molar-refractivity contribution in [3.8, 4) is 0 Å². The predicted octanol–water partition coefficient (Wildman–Crippen LogP) is 1.79. The molecule has 9 nitrogen and oxygen atoms in total. The van der Waals surface area contributed by atoms with Crippen molar-refractivity contribution in [3.63, 3.8) is 0 Å². The number of nitrogens with zero attached hydrogens (tertiary/aromatic N) is 4. The Bertz CT molecular complexity index is 881. The van der Waals surface area contributed by atoms with Gasteiger partial charge in [0.25, 0.3) is 0 Å². The number of pyridine rings is 1. The molecule has 1 N–H and O–H groups in total. The van der Waals surface area contributed by atoms with Crippen molar-refractivity contribution in [1.82, 2.24) is 19.7 Å². The van der Waals surface area contributed by atoms with E-state index in [9.17, 15) is 9.59 Å². The molecule has 27 heavy (non-hydrogen) atoms. The lowest BCUT2D eigenvalue weighted by molar-refractivity contribution is -0.139. The van der Waals surface area contributed by atoms with Crippen LogP contribution in [0.4, 0.5) is 5.95 Å². The minimum atomic E-state index is -0.582. The van der Waals surface area contributed by atoms with E-state index in [1.54, 1.807) is 30.8 Å². The Morgan fingerprint density at radius 3 is 2.85 bits per heavy atom. The van der Waals surface area contributed by atoms with Crippen LogP contribution in [0.15, 0.2) is 40.8 Å². The highest BCUT2D eigenvalue weighted by Crippen LogP contribution is 2.35. The zero-order chi connectivity index (χ0) is 19.4. The standard InChI is InChI=1S/C17H19N5O4S/c1-4-26-15(24)13-10(2)19-16-20-17(27-9-12(23)25-3)21-22(16)14(13)11-7-5-6-8-18-11/h5-8,14H,4,9H2,1-3H3,(H,19,20,21)/t14-/m1/s1. The highest BCUT2D eigenvalue weighted by atomic mass is 32.2. The van der Waals surface area contributed by atoms with Crippen LogP contribution in [0, 0.1) is 0 Å². The molecule has 0 amide bonds. The number of rotatable bonds is 6. The summed E-state index contributed by atoms with van der Waals surface area (Å²) >= 11 is 1.15. The van der Waals surface area contributed by atoms with Gasteiger partial charge in [0.2, 0.25) is 11.1 Å². The van der Waals surface area contributed by atoms with Crippen LogP contribution < -0.4 is 5.32 Å². The van der Waals surface area contributed by atoms with Gasteiger partial charge >= 0.3 is 11.9 Å². The fourth-order valence-corrected chi connectivity index (χ4v) is 3.32. The minimum absolute atomic E-state index is 0.0886. The molecule has 1 aliphatic rings. The average molecular weight is 389 g/mol. The molecule has 2 aromatic rings. The van der Waals surface area contributed by atoms with Gasteiger partial charge in [-0.25, -0.2) is 9.48 Å². The average Bonchev–Trinajstić information content (AvgIpc) is 3.08. The van der Waals surface area contributed by atoms with Crippen LogP contribution in [0.3, 0.4) is 0 Å². The van der Waals surface area contributed by atoms with Crippen LogP contribution in [-0.2, 0) is 19.1 Å². The SMILES string of the molecule is CCOC(=O)C1=C(C)Nc2nc(SCC(=O)OC)nn2[C@@H]1c1ccccn1. The van der Waals surface area contributed by atoms with Gasteiger partial charge in [0.1, 0.15) is 6.04 Å². The number of aromatic nitrogens is 4. The summed E-state index contributed by atoms with van der Waals surface area (Å²) in [6.07, 6.45) is 1.65. The summed E-state index contributed by atoms with van der Waals surface area (Å²) in [7, 11) is 1.33. The number of esters is 2. The van der Waals surface area contributed by atoms with Gasteiger partial charge in [-0.3, -0.25) is 9.78 Å². The van der Waals surface area contributed by atoms with E-state index in [0.717, 1.165) is 11.8 Å². The largest absolute Gasteiger partial charge is 0.468 e. The van der Waals surface area contributed by atoms with E-state index in [-0.39, 0.29) is 18.3 Å². The monoisotopic (exact) mass is 389 g/mol. The Morgan fingerprint density at radius 2 is 2.19 bits per heavy atom. The first kappa shape index (κ1) is 18.9. The van der Waals surface area contributed by atoms with Crippen molar-refractivity contribution in [2.75, 3.05) is 24.8 Å². The molecule has 0 unspecified atom stereocenters. The molecule has 0 saturated heterocycles. The molecule has 2 aromatic heterocycles. The van der Waals surface area contributed by atoms with E-state index in [2.05, 4.69) is 25.1 Å². The van der Waals surface area contributed by atoms with Crippen LogP contribution in [-0.4, -0.2) is 51.2 Å². The molecule has 1 aliphatic heterocycles. The lowest BCUT2D eigenvalue weighted by Gasteiger charge is -2.27. The zero-order valence-electron chi connectivity index (χ0n) is 15.1. The molecule has 0 saturated carbocycles. The maximum absolute atomic E-state index is 12.6. The molecule has 1 atom stereocenters. The Morgan fingerprint density at radius 1 is 1.37 bits per heavy atom. The maximum Gasteiger partial charge on any atom is 0.338 e. The third-order valence-electron chi connectivity index (χ3n) is 3.84. The molecule has 3 heterocycles. The number of carbonyl (C=O) groups is 2. The van der Waals surface area contributed by atoms with Crippen molar-refractivity contribution < 1.29 is 19.1 Å². The van der Waals surface area contributed by atoms with E-state index in [1.807, 2.05) is 12.1 Å². The van der Waals surface area contributed by atoms with Gasteiger partial charge in [0, 0.05) is 11.9 Å². The summed E-state index contributed by atoms with van der Waals surface area (Å²) in [5, 5.41) is 7.93. The quantitative estimate of drug-likeness (QED) is 0.584. The molecule has 0 spiro atoms. The molecule has 0 fully saturated rings. The molecule has 0 aliphatic carbocycles. The normalized spacial score (nSPS) is 15.7. The summed E-state index contributed by atoms with van der Waals surface area (Å²) in [5.74, 6) is -0.263. The van der Waals surface area contributed by atoms with Crippen LogP contribution >= 0.6 is 11.8 Å². The van der Waals surface area contributed by atoms with E-state index in [4.69, 9.17) is 4.74 Å². The number of methoxy groups -OCH3 is 1. The number of carbonyl (C=O) groups excluding carboxylic acids is 2. The van der Waals surface area contributed by atoms with E-state index in [0.29, 0.717) is 28.1 Å². The molecule has 142 valence electrons. The molecular formula is C17H19N5O4S. The molecular weight excluding hydrogens is 370 g/mol. The molecule has 0 bridgehead atoms. The lowest BCUT2D eigenvalue weighted by atomic mass is 10.00. The summed E-state index contributed by atoms with van der Waals surface area (Å²) in [5.41, 5.74) is 1.67. The van der Waals surface area contributed by atoms with Gasteiger partial charge in [-0.1, -0.05) is 17.8 Å². The number of hydrogen-bond acceptors (Lipinski definition) is 9. The Labute approximate surface area is 160 Å². The van der Waals surface area contributed by atoms with Gasteiger partial charge in [0.15, 0.2) is 0 Å². The number of hydrogen-bond donors (Lipinski definition) is 1. The number of ether oxygens (including phenoxy) is 2. The Hall–Kier alpha value is -2.88. The van der Waals surface area contributed by atoms with Crippen molar-refractivity contribution >= 4 is 29.6 Å². The van der Waals surface area contributed by atoms with Gasteiger partial charge in [0.05, 0.1) is 30.7 Å². The molecule has 3 rings (SSSR count). The minimum Gasteiger partial charge on any atom is -0.468 e. The van der Waals surface area contributed by atoms with Gasteiger partial charge in [-0.05, 0) is 26.0 Å². The Kier molecular flexibility index (Phi) is 5.75. The second-order valence-corrected chi connectivity index (χ2v) is 6.51. The molecule has 0 aromatic carbocycles. The van der Waals surface area contributed by atoms with Gasteiger partial charge < -0.3 is 14.8 Å². The van der Waals surface area contributed by atoms with E-state index < -0.39 is 12.0 Å². The third-order valence-corrected chi connectivity index (χ3v) is 4.65. The van der Waals surface area contributed by atoms with Crippen LogP contribution in [0.2, 0.25) is 0 Å². The van der Waals surface area contributed by atoms with Gasteiger partial charge in [-0.2, -0.15) is 4.98 Å². The first-order chi connectivity index (χ1) is 13.0. The summed E-state index contributed by atoms with van der Waals surface area (Å²) < 4.78 is 11.5. The van der Waals surface area contributed by atoms with Crippen molar-refractivity contribution in [2.24, 2.45) is 0 Å². The topological polar surface area (TPSA) is 108 Å². The van der Waals surface area contributed by atoms with Crippen molar-refractivity contribution in [1.29, 1.82) is 0 Å². The number of nitrogens with one attached hydrogen (secondary N) is 1. The lowest BCUT2D eigenvalue weighted by Crippen LogP contribution is -2.30. The number of anilines is 1. The highest BCUT2D eigenvalue weighted by Gasteiger charge is 2.36. The molecule has 10 heteroatoms. The Balaban J connectivity index is 2.01. The second-order valence-electron chi connectivity index (χ2n) is 5.57. The summed E-state index contributed by atoms with van der Waals surface area (Å²) in [6.45, 7) is 3.79. The zero-order valence-corrected chi connectivity index (χ0v) is 15.9. The summed E-state index contributed by atoms with van der Waals surface area (Å²) in [4.78, 5) is 32.8. The van der Waals surface area contributed by atoms with Crippen LogP contribution in [0.25, 0.3) is 0 Å². The molecule has 0 radical (unpaired) electrons.